The average molecular weight is 296 g/mol. The van der Waals surface area contributed by atoms with Crippen molar-refractivity contribution in [1.82, 2.24) is 0 Å². The monoisotopic (exact) mass is 296 g/mol. The third kappa shape index (κ3) is 9.48. The molecule has 0 aliphatic rings. The zero-order chi connectivity index (χ0) is 5.91. The maximum Gasteiger partial charge on any atom is 0.0623 e. The smallest absolute Gasteiger partial charge is 0.0623 e. The van der Waals surface area contributed by atoms with Crippen LogP contribution >= 0.6 is 0 Å². The van der Waals surface area contributed by atoms with Gasteiger partial charge in [0.05, 0.1) is 5.60 Å². The Morgan fingerprint density at radius 3 is 1.75 bits per heavy atom. The largest absolute Gasteiger partial charge is 0.649 e. The average Bonchev–Trinajstić information content (AvgIpc) is 1.30. The summed E-state index contributed by atoms with van der Waals surface area (Å²) in [5.74, 6) is 0. The molecule has 0 fully saturated rings. The molecule has 0 unspecified atom stereocenters. The van der Waals surface area contributed by atoms with Crippen molar-refractivity contribution in [1.29, 1.82) is 0 Å². The number of hydrogen-bond donors (Lipinski definition) is 0. The van der Waals surface area contributed by atoms with Gasteiger partial charge in [-0.05, 0) is 20.8 Å². The second kappa shape index (κ2) is 4.08. The molecule has 0 aromatic carbocycles. The molecule has 0 rings (SSSR count). The standard InChI is InChI=1S/C5H9O2.Pt/c1-5(2,3)7-4-6;/h1-3H3;/q-1;. The van der Waals surface area contributed by atoms with E-state index in [0.29, 0.717) is 0 Å². The summed E-state index contributed by atoms with van der Waals surface area (Å²) in [6.07, 6.45) is 0. The van der Waals surface area contributed by atoms with Gasteiger partial charge in [0.2, 0.25) is 0 Å². The molecule has 8 heavy (non-hydrogen) atoms. The predicted molar refractivity (Wildman–Crippen MR) is 26.5 cm³/mol. The molecular formula is C5H9O2Pt-. The van der Waals surface area contributed by atoms with Gasteiger partial charge in [-0.2, -0.15) is 0 Å². The van der Waals surface area contributed by atoms with Gasteiger partial charge in [0.15, 0.2) is 0 Å². The minimum Gasteiger partial charge on any atom is -0.649 e. The van der Waals surface area contributed by atoms with Gasteiger partial charge in [0.1, 0.15) is 0 Å². The molecule has 0 saturated carbocycles. The van der Waals surface area contributed by atoms with E-state index in [4.69, 9.17) is 0 Å². The number of ether oxygens (including phenoxy) is 1. The summed E-state index contributed by atoms with van der Waals surface area (Å²) in [6.45, 7) is 6.73. The Morgan fingerprint density at radius 1 is 1.38 bits per heavy atom. The Morgan fingerprint density at radius 2 is 1.75 bits per heavy atom. The van der Waals surface area contributed by atoms with E-state index >= 15 is 0 Å². The van der Waals surface area contributed by atoms with Gasteiger partial charge in [-0.1, -0.05) is 6.47 Å². The molecule has 0 atom stereocenters. The minimum atomic E-state index is -0.373. The van der Waals surface area contributed by atoms with E-state index in [0.717, 1.165) is 0 Å². The van der Waals surface area contributed by atoms with E-state index < -0.39 is 0 Å². The van der Waals surface area contributed by atoms with E-state index in [-0.39, 0.29) is 26.7 Å². The number of carbonyl (C=O) groups excluding carboxylic acids is 1. The molecule has 0 aromatic heterocycles. The first-order valence-electron chi connectivity index (χ1n) is 2.11. The summed E-state index contributed by atoms with van der Waals surface area (Å²) in [4.78, 5) is 9.47. The first-order chi connectivity index (χ1) is 3.06. The number of rotatable bonds is 1. The molecule has 3 heteroatoms. The molecule has 2 nitrogen and oxygen atoms in total. The van der Waals surface area contributed by atoms with Crippen molar-refractivity contribution in [2.24, 2.45) is 0 Å². The summed E-state index contributed by atoms with van der Waals surface area (Å²) >= 11 is 0. The molecule has 52 valence electrons. The van der Waals surface area contributed by atoms with Crippen LogP contribution in [0.2, 0.25) is 0 Å². The molecule has 0 spiro atoms. The van der Waals surface area contributed by atoms with Crippen LogP contribution in [0.3, 0.4) is 0 Å². The van der Waals surface area contributed by atoms with Crippen LogP contribution in [0.15, 0.2) is 0 Å². The van der Waals surface area contributed by atoms with E-state index in [1.54, 1.807) is 20.8 Å². The molecule has 0 heterocycles. The van der Waals surface area contributed by atoms with E-state index in [2.05, 4.69) is 4.74 Å². The SMILES string of the molecule is CC(C)(C)O[C-]=O.[Pt]. The van der Waals surface area contributed by atoms with Gasteiger partial charge in [-0.3, -0.25) is 0 Å². The van der Waals surface area contributed by atoms with Crippen LogP contribution < -0.4 is 0 Å². The van der Waals surface area contributed by atoms with Gasteiger partial charge in [0.25, 0.3) is 0 Å². The molecule has 0 N–H and O–H groups in total. The zero-order valence-electron chi connectivity index (χ0n) is 5.13. The summed E-state index contributed by atoms with van der Waals surface area (Å²) in [6, 6.07) is 0. The first kappa shape index (κ1) is 11.0. The van der Waals surface area contributed by atoms with Crippen molar-refractivity contribution in [2.45, 2.75) is 26.4 Å². The summed E-state index contributed by atoms with van der Waals surface area (Å²) in [5, 5.41) is 0. The summed E-state index contributed by atoms with van der Waals surface area (Å²) in [5.41, 5.74) is -0.373. The molecule has 0 radical (unpaired) electrons. The van der Waals surface area contributed by atoms with Crippen LogP contribution in [-0.2, 0) is 30.6 Å². The maximum atomic E-state index is 9.47. The van der Waals surface area contributed by atoms with Crippen molar-refractivity contribution >= 4 is 6.47 Å². The molecule has 0 aromatic rings. The van der Waals surface area contributed by atoms with E-state index in [9.17, 15) is 4.79 Å². The van der Waals surface area contributed by atoms with Crippen LogP contribution in [-0.4, -0.2) is 12.1 Å². The van der Waals surface area contributed by atoms with Crippen LogP contribution in [0.4, 0.5) is 0 Å². The molecule has 0 saturated heterocycles. The number of hydrogen-bond acceptors (Lipinski definition) is 2. The van der Waals surface area contributed by atoms with Crippen molar-refractivity contribution in [3.8, 4) is 0 Å². The fourth-order valence-corrected chi connectivity index (χ4v) is 0.125. The van der Waals surface area contributed by atoms with E-state index in [1.165, 1.54) is 6.47 Å². The van der Waals surface area contributed by atoms with Crippen molar-refractivity contribution in [3.05, 3.63) is 0 Å². The van der Waals surface area contributed by atoms with Gasteiger partial charge in [0, 0.05) is 21.1 Å². The third-order valence-electron chi connectivity index (χ3n) is 0.348. The van der Waals surface area contributed by atoms with Crippen molar-refractivity contribution in [3.63, 3.8) is 0 Å². The van der Waals surface area contributed by atoms with Crippen LogP contribution in [0, 0.1) is 0 Å². The summed E-state index contributed by atoms with van der Waals surface area (Å²) < 4.78 is 4.42. The van der Waals surface area contributed by atoms with Gasteiger partial charge in [-0.15, -0.1) is 0 Å². The third-order valence-corrected chi connectivity index (χ3v) is 0.348. The van der Waals surface area contributed by atoms with Crippen molar-refractivity contribution < 1.29 is 30.6 Å². The Kier molecular flexibility index (Phi) is 5.62. The first-order valence-corrected chi connectivity index (χ1v) is 2.11. The topological polar surface area (TPSA) is 26.3 Å². The second-order valence-electron chi connectivity index (χ2n) is 2.30. The predicted octanol–water partition coefficient (Wildman–Crippen LogP) is 0.866. The molecule has 0 amide bonds. The fourth-order valence-electron chi connectivity index (χ4n) is 0.125. The Labute approximate surface area is 63.9 Å². The normalized spacial score (nSPS) is 9.38. The van der Waals surface area contributed by atoms with Crippen molar-refractivity contribution in [2.75, 3.05) is 0 Å². The fraction of sp³-hybridized carbons (Fsp3) is 0.800. The Hall–Kier alpha value is 0.158. The molecular weight excluding hydrogens is 287 g/mol. The molecule has 0 aliphatic carbocycles. The zero-order valence-corrected chi connectivity index (χ0v) is 7.40. The van der Waals surface area contributed by atoms with E-state index in [1.807, 2.05) is 0 Å². The van der Waals surface area contributed by atoms with Crippen LogP contribution in [0.5, 0.6) is 0 Å². The van der Waals surface area contributed by atoms with Crippen LogP contribution in [0.1, 0.15) is 20.8 Å². The van der Waals surface area contributed by atoms with Gasteiger partial charge < -0.3 is 9.53 Å². The Bertz CT molecular complexity index is 65.3. The minimum absolute atomic E-state index is 0. The molecule has 0 bridgehead atoms. The second-order valence-corrected chi connectivity index (χ2v) is 2.30. The van der Waals surface area contributed by atoms with Gasteiger partial charge in [-0.25, -0.2) is 0 Å². The maximum absolute atomic E-state index is 9.47. The van der Waals surface area contributed by atoms with Gasteiger partial charge >= 0.3 is 0 Å². The molecule has 0 aliphatic heterocycles. The quantitative estimate of drug-likeness (QED) is 0.671. The summed E-state index contributed by atoms with van der Waals surface area (Å²) in [7, 11) is 0. The Balaban J connectivity index is 0. The van der Waals surface area contributed by atoms with Crippen LogP contribution in [0.25, 0.3) is 0 Å².